The Hall–Kier alpha value is -3.40. The third-order valence-corrected chi connectivity index (χ3v) is 5.50. The Morgan fingerprint density at radius 2 is 2.10 bits per heavy atom. The SMILES string of the molecule is COc1cccc(CNC(=O)CSc2cc(-n3ccc(C(=O)NC4CC4)n3)ncn2)c1. The monoisotopic (exact) mass is 438 g/mol. The van der Waals surface area contributed by atoms with Crippen molar-refractivity contribution in [1.29, 1.82) is 0 Å². The Kier molecular flexibility index (Phi) is 6.46. The molecule has 31 heavy (non-hydrogen) atoms. The molecule has 0 saturated heterocycles. The number of hydrogen-bond donors (Lipinski definition) is 2. The Labute approximate surface area is 183 Å². The van der Waals surface area contributed by atoms with Gasteiger partial charge in [0.1, 0.15) is 17.1 Å². The molecule has 4 rings (SSSR count). The van der Waals surface area contributed by atoms with Gasteiger partial charge >= 0.3 is 0 Å². The van der Waals surface area contributed by atoms with Crippen LogP contribution in [0.3, 0.4) is 0 Å². The van der Waals surface area contributed by atoms with Crippen molar-refractivity contribution in [1.82, 2.24) is 30.4 Å². The van der Waals surface area contributed by atoms with Crippen molar-refractivity contribution in [2.75, 3.05) is 12.9 Å². The molecule has 2 N–H and O–H groups in total. The smallest absolute Gasteiger partial charge is 0.272 e. The second-order valence-electron chi connectivity index (χ2n) is 7.02. The topological polar surface area (TPSA) is 111 Å². The number of amides is 2. The predicted molar refractivity (Wildman–Crippen MR) is 115 cm³/mol. The zero-order chi connectivity index (χ0) is 21.6. The number of thioether (sulfide) groups is 1. The van der Waals surface area contributed by atoms with Crippen molar-refractivity contribution in [2.45, 2.75) is 30.5 Å². The van der Waals surface area contributed by atoms with Crippen LogP contribution in [0.5, 0.6) is 5.75 Å². The van der Waals surface area contributed by atoms with E-state index in [1.807, 2.05) is 24.3 Å². The summed E-state index contributed by atoms with van der Waals surface area (Å²) in [6, 6.07) is 11.2. The number of nitrogens with one attached hydrogen (secondary N) is 2. The lowest BCUT2D eigenvalue weighted by molar-refractivity contribution is -0.118. The van der Waals surface area contributed by atoms with E-state index in [0.717, 1.165) is 24.2 Å². The van der Waals surface area contributed by atoms with Crippen LogP contribution in [0.1, 0.15) is 28.9 Å². The van der Waals surface area contributed by atoms with E-state index >= 15 is 0 Å². The van der Waals surface area contributed by atoms with Gasteiger partial charge in [0.2, 0.25) is 5.91 Å². The number of ether oxygens (including phenoxy) is 1. The summed E-state index contributed by atoms with van der Waals surface area (Å²) in [6.45, 7) is 0.421. The summed E-state index contributed by atoms with van der Waals surface area (Å²) in [5.74, 6) is 1.21. The fourth-order valence-electron chi connectivity index (χ4n) is 2.77. The summed E-state index contributed by atoms with van der Waals surface area (Å²) < 4.78 is 6.71. The highest BCUT2D eigenvalue weighted by Crippen LogP contribution is 2.20. The van der Waals surface area contributed by atoms with Gasteiger partial charge in [0.05, 0.1) is 12.9 Å². The van der Waals surface area contributed by atoms with Gasteiger partial charge in [-0.15, -0.1) is 0 Å². The molecule has 0 bridgehead atoms. The Morgan fingerprint density at radius 1 is 1.23 bits per heavy atom. The van der Waals surface area contributed by atoms with Crippen LogP contribution in [0.4, 0.5) is 0 Å². The molecule has 0 unspecified atom stereocenters. The summed E-state index contributed by atoms with van der Waals surface area (Å²) in [4.78, 5) is 32.7. The molecule has 3 aromatic rings. The number of carbonyl (C=O) groups excluding carboxylic acids is 2. The van der Waals surface area contributed by atoms with Crippen LogP contribution in [0.15, 0.2) is 53.9 Å². The number of carbonyl (C=O) groups is 2. The zero-order valence-electron chi connectivity index (χ0n) is 16.9. The van der Waals surface area contributed by atoms with Crippen LogP contribution in [-0.2, 0) is 11.3 Å². The van der Waals surface area contributed by atoms with Gasteiger partial charge in [-0.25, -0.2) is 14.6 Å². The third kappa shape index (κ3) is 5.82. The minimum Gasteiger partial charge on any atom is -0.497 e. The van der Waals surface area contributed by atoms with Crippen LogP contribution in [0, 0.1) is 0 Å². The molecule has 160 valence electrons. The van der Waals surface area contributed by atoms with Gasteiger partial charge < -0.3 is 15.4 Å². The number of benzene rings is 1. The molecule has 9 nitrogen and oxygen atoms in total. The van der Waals surface area contributed by atoms with Crippen LogP contribution >= 0.6 is 11.8 Å². The molecule has 0 atom stereocenters. The molecule has 0 radical (unpaired) electrons. The van der Waals surface area contributed by atoms with Crippen molar-refractivity contribution >= 4 is 23.6 Å². The first-order valence-electron chi connectivity index (χ1n) is 9.82. The lowest BCUT2D eigenvalue weighted by atomic mass is 10.2. The molecule has 1 aliphatic rings. The largest absolute Gasteiger partial charge is 0.497 e. The van der Waals surface area contributed by atoms with E-state index in [0.29, 0.717) is 23.1 Å². The minimum absolute atomic E-state index is 0.105. The lowest BCUT2D eigenvalue weighted by Gasteiger charge is -2.07. The minimum atomic E-state index is -0.183. The van der Waals surface area contributed by atoms with Crippen molar-refractivity contribution in [3.63, 3.8) is 0 Å². The van der Waals surface area contributed by atoms with Crippen LogP contribution < -0.4 is 15.4 Å². The van der Waals surface area contributed by atoms with Crippen molar-refractivity contribution in [3.8, 4) is 11.6 Å². The zero-order valence-corrected chi connectivity index (χ0v) is 17.8. The highest BCUT2D eigenvalue weighted by Gasteiger charge is 2.24. The van der Waals surface area contributed by atoms with Gasteiger partial charge in [-0.05, 0) is 36.6 Å². The molecule has 1 saturated carbocycles. The van der Waals surface area contributed by atoms with E-state index in [1.165, 1.54) is 22.8 Å². The second-order valence-corrected chi connectivity index (χ2v) is 8.02. The molecule has 0 aliphatic heterocycles. The van der Waals surface area contributed by atoms with Gasteiger partial charge in [0.25, 0.3) is 5.91 Å². The maximum atomic E-state index is 12.2. The molecule has 2 amide bonds. The highest BCUT2D eigenvalue weighted by atomic mass is 32.2. The Bertz CT molecular complexity index is 1080. The number of nitrogens with zero attached hydrogens (tertiary/aromatic N) is 4. The number of aromatic nitrogens is 4. The van der Waals surface area contributed by atoms with Crippen molar-refractivity contribution < 1.29 is 14.3 Å². The van der Waals surface area contributed by atoms with Gasteiger partial charge in [-0.2, -0.15) is 5.10 Å². The van der Waals surface area contributed by atoms with Crippen LogP contribution in [-0.4, -0.2) is 50.5 Å². The van der Waals surface area contributed by atoms with Crippen LogP contribution in [0.25, 0.3) is 5.82 Å². The Morgan fingerprint density at radius 3 is 2.90 bits per heavy atom. The van der Waals surface area contributed by atoms with E-state index in [1.54, 1.807) is 25.4 Å². The fourth-order valence-corrected chi connectivity index (χ4v) is 3.46. The second kappa shape index (κ2) is 9.61. The third-order valence-electron chi connectivity index (χ3n) is 4.57. The number of methoxy groups -OCH3 is 1. The van der Waals surface area contributed by atoms with E-state index in [9.17, 15) is 9.59 Å². The first-order chi connectivity index (χ1) is 15.1. The fraction of sp³-hybridized carbons (Fsp3) is 0.286. The average molecular weight is 439 g/mol. The molecular weight excluding hydrogens is 416 g/mol. The summed E-state index contributed by atoms with van der Waals surface area (Å²) in [6.07, 6.45) is 5.13. The van der Waals surface area contributed by atoms with E-state index < -0.39 is 0 Å². The first-order valence-corrected chi connectivity index (χ1v) is 10.8. The summed E-state index contributed by atoms with van der Waals surface area (Å²) >= 11 is 1.30. The lowest BCUT2D eigenvalue weighted by Crippen LogP contribution is -2.25. The summed E-state index contributed by atoms with van der Waals surface area (Å²) in [7, 11) is 1.61. The summed E-state index contributed by atoms with van der Waals surface area (Å²) in [5.41, 5.74) is 1.30. The molecule has 1 fully saturated rings. The summed E-state index contributed by atoms with van der Waals surface area (Å²) in [5, 5.41) is 10.7. The van der Waals surface area contributed by atoms with Gasteiger partial charge in [-0.1, -0.05) is 23.9 Å². The molecule has 2 heterocycles. The molecule has 1 aliphatic carbocycles. The van der Waals surface area contributed by atoms with Gasteiger partial charge in [0, 0.05) is 24.8 Å². The highest BCUT2D eigenvalue weighted by molar-refractivity contribution is 7.99. The maximum absolute atomic E-state index is 12.2. The van der Waals surface area contributed by atoms with Gasteiger partial charge in [-0.3, -0.25) is 9.59 Å². The standard InChI is InChI=1S/C21H22N6O3S/c1-30-16-4-2-3-14(9-16)11-22-19(28)12-31-20-10-18(23-13-24-20)27-8-7-17(26-27)21(29)25-15-5-6-15/h2-4,7-10,13,15H,5-6,11-12H2,1H3,(H,22,28)(H,25,29). The van der Waals surface area contributed by atoms with Gasteiger partial charge in [0.15, 0.2) is 11.5 Å². The Balaban J connectivity index is 1.30. The van der Waals surface area contributed by atoms with Crippen molar-refractivity contribution in [2.24, 2.45) is 0 Å². The molecule has 1 aromatic carbocycles. The normalized spacial score (nSPS) is 12.9. The maximum Gasteiger partial charge on any atom is 0.272 e. The first kappa shape index (κ1) is 20.9. The van der Waals surface area contributed by atoms with E-state index in [-0.39, 0.29) is 23.6 Å². The quantitative estimate of drug-likeness (QED) is 0.388. The van der Waals surface area contributed by atoms with Crippen molar-refractivity contribution in [3.05, 3.63) is 60.2 Å². The molecule has 10 heteroatoms. The molecule has 2 aromatic heterocycles. The van der Waals surface area contributed by atoms with E-state index in [4.69, 9.17) is 4.74 Å². The van der Waals surface area contributed by atoms with E-state index in [2.05, 4.69) is 25.7 Å². The number of rotatable bonds is 9. The molecule has 0 spiro atoms. The molecular formula is C21H22N6O3S. The number of hydrogen-bond acceptors (Lipinski definition) is 7. The average Bonchev–Trinajstić information content (AvgIpc) is 3.47. The van der Waals surface area contributed by atoms with Crippen LogP contribution in [0.2, 0.25) is 0 Å². The predicted octanol–water partition coefficient (Wildman–Crippen LogP) is 1.97.